The highest BCUT2D eigenvalue weighted by molar-refractivity contribution is 6.33. The molecule has 0 radical (unpaired) electrons. The standard InChI is InChI=1S/C28H22ClN7/c29-22-7-2-1-6-19(22)23-14-20-18(8-9-32-26(20)33-23)27-34-24-16-31-15-21(17-4-3-5-17)25(24)28(35-27)36-12-10-30-11-13-36/h1-9,14-16,30H,10-13H2,(H,32,33). The summed E-state index contributed by atoms with van der Waals surface area (Å²) in [4.78, 5) is 25.1. The molecule has 1 aromatic carbocycles. The molecule has 1 saturated heterocycles. The van der Waals surface area contributed by atoms with Gasteiger partial charge in [-0.3, -0.25) is 4.98 Å². The molecule has 176 valence electrons. The van der Waals surface area contributed by atoms with E-state index >= 15 is 0 Å². The lowest BCUT2D eigenvalue weighted by Gasteiger charge is -2.30. The van der Waals surface area contributed by atoms with Crippen LogP contribution in [-0.4, -0.2) is 51.1 Å². The number of piperazine rings is 1. The van der Waals surface area contributed by atoms with Crippen LogP contribution < -0.4 is 10.2 Å². The van der Waals surface area contributed by atoms with Gasteiger partial charge in [-0.2, -0.15) is 0 Å². The Bertz CT molecular complexity index is 1700. The fourth-order valence-corrected chi connectivity index (χ4v) is 5.17. The summed E-state index contributed by atoms with van der Waals surface area (Å²) in [6.07, 6.45) is 11.8. The monoisotopic (exact) mass is 491 g/mol. The van der Waals surface area contributed by atoms with Crippen LogP contribution in [0.4, 0.5) is 5.82 Å². The van der Waals surface area contributed by atoms with Crippen molar-refractivity contribution in [3.63, 3.8) is 0 Å². The highest BCUT2D eigenvalue weighted by Gasteiger charge is 2.22. The topological polar surface area (TPSA) is 82.6 Å². The predicted molar refractivity (Wildman–Crippen MR) is 145 cm³/mol. The summed E-state index contributed by atoms with van der Waals surface area (Å²) in [5.74, 6) is 1.60. The predicted octanol–water partition coefficient (Wildman–Crippen LogP) is 5.25. The van der Waals surface area contributed by atoms with Gasteiger partial charge in [0.05, 0.1) is 17.1 Å². The van der Waals surface area contributed by atoms with E-state index in [1.54, 1.807) is 6.20 Å². The third-order valence-corrected chi connectivity index (χ3v) is 7.13. The van der Waals surface area contributed by atoms with Gasteiger partial charge in [0.2, 0.25) is 0 Å². The van der Waals surface area contributed by atoms with E-state index in [-0.39, 0.29) is 0 Å². The number of fused-ring (bicyclic) bond motifs is 2. The Morgan fingerprint density at radius 1 is 0.944 bits per heavy atom. The summed E-state index contributed by atoms with van der Waals surface area (Å²) in [5, 5.41) is 6.12. The highest BCUT2D eigenvalue weighted by atomic mass is 35.5. The molecule has 1 aliphatic heterocycles. The Kier molecular flexibility index (Phi) is 5.04. The van der Waals surface area contributed by atoms with E-state index < -0.39 is 0 Å². The first-order valence-electron chi connectivity index (χ1n) is 12.0. The molecule has 36 heavy (non-hydrogen) atoms. The van der Waals surface area contributed by atoms with Crippen LogP contribution in [0.2, 0.25) is 5.02 Å². The van der Waals surface area contributed by atoms with Crippen LogP contribution in [0.15, 0.2) is 73.2 Å². The van der Waals surface area contributed by atoms with E-state index in [1.165, 1.54) is 0 Å². The number of H-pyrrole nitrogens is 1. The molecule has 7 rings (SSSR count). The molecular weight excluding hydrogens is 470 g/mol. The minimum atomic E-state index is 0.658. The molecule has 7 nitrogen and oxygen atoms in total. The van der Waals surface area contributed by atoms with Crippen LogP contribution in [0.25, 0.3) is 50.2 Å². The van der Waals surface area contributed by atoms with Crippen molar-refractivity contribution in [1.29, 1.82) is 0 Å². The normalized spacial score (nSPS) is 15.4. The van der Waals surface area contributed by atoms with Crippen LogP contribution >= 0.6 is 11.6 Å². The highest BCUT2D eigenvalue weighted by Crippen LogP contribution is 2.37. The molecule has 1 aliphatic carbocycles. The molecule has 0 bridgehead atoms. The number of nitrogens with one attached hydrogen (secondary N) is 2. The number of allylic oxidation sites excluding steroid dienone is 4. The van der Waals surface area contributed by atoms with Gasteiger partial charge in [-0.25, -0.2) is 15.0 Å². The maximum atomic E-state index is 6.48. The Labute approximate surface area is 212 Å². The molecule has 1 fully saturated rings. The van der Waals surface area contributed by atoms with Gasteiger partial charge in [0, 0.05) is 71.4 Å². The average Bonchev–Trinajstić information content (AvgIpc) is 3.32. The molecule has 0 spiro atoms. The first kappa shape index (κ1) is 21.2. The first-order valence-corrected chi connectivity index (χ1v) is 12.4. The van der Waals surface area contributed by atoms with Crippen LogP contribution in [0.1, 0.15) is 5.56 Å². The van der Waals surface area contributed by atoms with Crippen LogP contribution in [0.5, 0.6) is 0 Å². The third kappa shape index (κ3) is 3.47. The van der Waals surface area contributed by atoms with Gasteiger partial charge in [0.1, 0.15) is 11.5 Å². The maximum absolute atomic E-state index is 6.48. The zero-order valence-corrected chi connectivity index (χ0v) is 20.1. The van der Waals surface area contributed by atoms with Gasteiger partial charge in [-0.1, -0.05) is 48.0 Å². The van der Waals surface area contributed by atoms with E-state index in [0.29, 0.717) is 10.8 Å². The second-order valence-corrected chi connectivity index (χ2v) is 9.36. The molecular formula is C28H22ClN7. The van der Waals surface area contributed by atoms with E-state index in [0.717, 1.165) is 81.9 Å². The van der Waals surface area contributed by atoms with Crippen molar-refractivity contribution in [2.75, 3.05) is 31.1 Å². The third-order valence-electron chi connectivity index (χ3n) is 6.80. The number of nitrogens with zero attached hydrogens (tertiary/aromatic N) is 5. The summed E-state index contributed by atoms with van der Waals surface area (Å²) < 4.78 is 0. The van der Waals surface area contributed by atoms with Crippen molar-refractivity contribution in [3.05, 3.63) is 83.8 Å². The van der Waals surface area contributed by atoms with E-state index in [1.807, 2.05) is 48.8 Å². The van der Waals surface area contributed by atoms with Crippen molar-refractivity contribution >= 4 is 44.9 Å². The number of aromatic nitrogens is 5. The molecule has 8 heteroatoms. The lowest BCUT2D eigenvalue weighted by Crippen LogP contribution is -2.44. The number of pyridine rings is 2. The smallest absolute Gasteiger partial charge is 0.163 e. The first-order chi connectivity index (χ1) is 17.8. The van der Waals surface area contributed by atoms with Crippen molar-refractivity contribution in [2.24, 2.45) is 0 Å². The molecule has 2 N–H and O–H groups in total. The van der Waals surface area contributed by atoms with Crippen LogP contribution in [0.3, 0.4) is 0 Å². The Hall–Kier alpha value is -4.07. The van der Waals surface area contributed by atoms with E-state index in [9.17, 15) is 0 Å². The number of benzene rings is 1. The van der Waals surface area contributed by atoms with Crippen molar-refractivity contribution in [3.8, 4) is 22.6 Å². The minimum Gasteiger partial charge on any atom is -0.353 e. The Morgan fingerprint density at radius 2 is 1.81 bits per heavy atom. The van der Waals surface area contributed by atoms with Crippen LogP contribution in [-0.2, 0) is 0 Å². The second kappa shape index (κ2) is 8.55. The fourth-order valence-electron chi connectivity index (χ4n) is 4.93. The summed E-state index contributed by atoms with van der Waals surface area (Å²) in [6, 6.07) is 11.8. The summed E-state index contributed by atoms with van der Waals surface area (Å²) in [5.41, 5.74) is 6.58. The van der Waals surface area contributed by atoms with E-state index in [2.05, 4.69) is 43.4 Å². The molecule has 0 atom stereocenters. The van der Waals surface area contributed by atoms with Gasteiger partial charge in [-0.15, -0.1) is 0 Å². The number of hydrogen-bond acceptors (Lipinski definition) is 6. The summed E-state index contributed by atoms with van der Waals surface area (Å²) in [7, 11) is 0. The number of hydrogen-bond donors (Lipinski definition) is 2. The Balaban J connectivity index is 1.44. The van der Waals surface area contributed by atoms with Crippen molar-refractivity contribution in [2.45, 2.75) is 0 Å². The molecule has 2 aliphatic rings. The number of anilines is 1. The molecule has 0 unspecified atom stereocenters. The largest absolute Gasteiger partial charge is 0.353 e. The molecule has 0 amide bonds. The molecule has 5 heterocycles. The zero-order valence-electron chi connectivity index (χ0n) is 19.4. The van der Waals surface area contributed by atoms with E-state index in [4.69, 9.17) is 21.6 Å². The van der Waals surface area contributed by atoms with Gasteiger partial charge in [0.15, 0.2) is 5.82 Å². The van der Waals surface area contributed by atoms with Gasteiger partial charge in [0.25, 0.3) is 0 Å². The van der Waals surface area contributed by atoms with Gasteiger partial charge in [-0.05, 0) is 23.8 Å². The average molecular weight is 492 g/mol. The van der Waals surface area contributed by atoms with Crippen molar-refractivity contribution < 1.29 is 0 Å². The summed E-state index contributed by atoms with van der Waals surface area (Å²) in [6.45, 7) is 3.61. The lowest BCUT2D eigenvalue weighted by atomic mass is 9.97. The molecule has 4 aromatic heterocycles. The number of rotatable bonds is 4. The van der Waals surface area contributed by atoms with Gasteiger partial charge < -0.3 is 15.2 Å². The maximum Gasteiger partial charge on any atom is 0.163 e. The molecule has 0 saturated carbocycles. The Morgan fingerprint density at radius 3 is 2.61 bits per heavy atom. The second-order valence-electron chi connectivity index (χ2n) is 8.95. The number of halogens is 1. The zero-order chi connectivity index (χ0) is 24.1. The van der Waals surface area contributed by atoms with Crippen LogP contribution in [0, 0.1) is 0 Å². The van der Waals surface area contributed by atoms with Gasteiger partial charge >= 0.3 is 0 Å². The fraction of sp³-hybridized carbons (Fsp3) is 0.143. The minimum absolute atomic E-state index is 0.658. The SMILES string of the molecule is Clc1ccccc1-c1cc2c(-c3nc(N4CCNCC4)c4c(C5=CC=C5)cncc4n3)ccnc2[nH]1. The van der Waals surface area contributed by atoms with Crippen molar-refractivity contribution in [1.82, 2.24) is 30.2 Å². The molecule has 5 aromatic rings. The lowest BCUT2D eigenvalue weighted by molar-refractivity contribution is 0.586. The number of aromatic amines is 1. The quantitative estimate of drug-likeness (QED) is 0.357. The summed E-state index contributed by atoms with van der Waals surface area (Å²) >= 11 is 6.48.